The molecule has 1 saturated heterocycles. The van der Waals surface area contributed by atoms with Crippen LogP contribution in [0.3, 0.4) is 0 Å². The number of allylic oxidation sites excluding steroid dienone is 1. The first-order chi connectivity index (χ1) is 9.30. The Morgan fingerprint density at radius 3 is 2.16 bits per heavy atom. The third-order valence-corrected chi connectivity index (χ3v) is 3.28. The maximum absolute atomic E-state index is 12.0. The first-order valence-electron chi connectivity index (χ1n) is 6.28. The molecule has 1 unspecified atom stereocenters. The zero-order valence-corrected chi connectivity index (χ0v) is 10.5. The van der Waals surface area contributed by atoms with Gasteiger partial charge in [0.25, 0.3) is 0 Å². The van der Waals surface area contributed by atoms with Crippen LogP contribution in [0.25, 0.3) is 0 Å². The number of carbonyl (C=O) groups is 1. The second-order valence-electron chi connectivity index (χ2n) is 4.61. The molecule has 1 atom stereocenters. The van der Waals surface area contributed by atoms with Crippen LogP contribution in [0.4, 0.5) is 0 Å². The molecule has 0 radical (unpaired) electrons. The smallest absolute Gasteiger partial charge is 0.185 e. The van der Waals surface area contributed by atoms with E-state index >= 15 is 0 Å². The molecule has 1 fully saturated rings. The van der Waals surface area contributed by atoms with Crippen molar-refractivity contribution in [1.82, 2.24) is 0 Å². The summed E-state index contributed by atoms with van der Waals surface area (Å²) in [6.45, 7) is 0.635. The van der Waals surface area contributed by atoms with Crippen LogP contribution in [0.15, 0.2) is 72.8 Å². The van der Waals surface area contributed by atoms with Crippen molar-refractivity contribution in [3.05, 3.63) is 83.9 Å². The van der Waals surface area contributed by atoms with Crippen molar-refractivity contribution in [1.29, 1.82) is 0 Å². The van der Waals surface area contributed by atoms with Crippen molar-refractivity contribution in [3.8, 4) is 0 Å². The monoisotopic (exact) mass is 250 g/mol. The molecule has 94 valence electrons. The van der Waals surface area contributed by atoms with Crippen molar-refractivity contribution in [2.24, 2.45) is 0 Å². The summed E-state index contributed by atoms with van der Waals surface area (Å²) >= 11 is 0. The Morgan fingerprint density at radius 1 is 1.00 bits per heavy atom. The molecular formula is C17H14O2. The second-order valence-corrected chi connectivity index (χ2v) is 4.61. The Hall–Kier alpha value is -2.19. The van der Waals surface area contributed by atoms with Crippen LogP contribution in [-0.2, 0) is 10.3 Å². The van der Waals surface area contributed by atoms with Crippen LogP contribution in [0.2, 0.25) is 0 Å². The van der Waals surface area contributed by atoms with E-state index in [1.165, 1.54) is 0 Å². The highest BCUT2D eigenvalue weighted by molar-refractivity contribution is 6.04. The molecule has 0 aromatic heterocycles. The predicted molar refractivity (Wildman–Crippen MR) is 74.0 cm³/mol. The standard InChI is InChI=1S/C17H14O2/c18-16(14-7-3-1-4-8-14)11-12-17(13-19-17)15-9-5-2-6-10-15/h1-12H,13H2/b12-11+. The summed E-state index contributed by atoms with van der Waals surface area (Å²) in [7, 11) is 0. The fourth-order valence-corrected chi connectivity index (χ4v) is 2.07. The SMILES string of the molecule is O=C(/C=C/C1(c2ccccc2)CO1)c1ccccc1. The summed E-state index contributed by atoms with van der Waals surface area (Å²) in [6.07, 6.45) is 3.47. The Kier molecular flexibility index (Phi) is 3.02. The molecule has 1 heterocycles. The Balaban J connectivity index is 1.79. The minimum atomic E-state index is -0.397. The minimum absolute atomic E-state index is 0.00593. The van der Waals surface area contributed by atoms with E-state index in [0.29, 0.717) is 12.2 Å². The third-order valence-electron chi connectivity index (χ3n) is 3.28. The van der Waals surface area contributed by atoms with Gasteiger partial charge in [-0.3, -0.25) is 4.79 Å². The highest BCUT2D eigenvalue weighted by Gasteiger charge is 2.43. The summed E-state index contributed by atoms with van der Waals surface area (Å²) in [5.74, 6) is 0.00593. The zero-order chi connectivity index (χ0) is 13.1. The molecule has 1 aliphatic heterocycles. The van der Waals surface area contributed by atoms with E-state index in [0.717, 1.165) is 5.56 Å². The molecular weight excluding hydrogens is 236 g/mol. The number of hydrogen-bond acceptors (Lipinski definition) is 2. The van der Waals surface area contributed by atoms with Gasteiger partial charge in [0, 0.05) is 5.56 Å². The molecule has 0 bridgehead atoms. The Labute approximate surface area is 112 Å². The lowest BCUT2D eigenvalue weighted by atomic mass is 9.98. The lowest BCUT2D eigenvalue weighted by Crippen LogP contribution is -2.05. The average molecular weight is 250 g/mol. The molecule has 2 nitrogen and oxygen atoms in total. The van der Waals surface area contributed by atoms with Gasteiger partial charge >= 0.3 is 0 Å². The predicted octanol–water partition coefficient (Wildman–Crippen LogP) is 3.35. The third kappa shape index (κ3) is 2.49. The first kappa shape index (κ1) is 11.9. The number of benzene rings is 2. The van der Waals surface area contributed by atoms with E-state index in [-0.39, 0.29) is 5.78 Å². The topological polar surface area (TPSA) is 29.6 Å². The van der Waals surface area contributed by atoms with Gasteiger partial charge in [0.1, 0.15) is 5.60 Å². The van der Waals surface area contributed by atoms with Crippen molar-refractivity contribution in [3.63, 3.8) is 0 Å². The van der Waals surface area contributed by atoms with Crippen LogP contribution < -0.4 is 0 Å². The van der Waals surface area contributed by atoms with E-state index < -0.39 is 5.60 Å². The first-order valence-corrected chi connectivity index (χ1v) is 6.28. The van der Waals surface area contributed by atoms with E-state index in [2.05, 4.69) is 0 Å². The Morgan fingerprint density at radius 2 is 1.58 bits per heavy atom. The average Bonchev–Trinajstić information content (AvgIpc) is 3.28. The maximum atomic E-state index is 12.0. The van der Waals surface area contributed by atoms with Crippen molar-refractivity contribution >= 4 is 5.78 Å². The summed E-state index contributed by atoms with van der Waals surface area (Å²) in [5.41, 5.74) is 1.39. The summed E-state index contributed by atoms with van der Waals surface area (Å²) in [6, 6.07) is 19.2. The normalized spacial score (nSPS) is 21.5. The lowest BCUT2D eigenvalue weighted by Gasteiger charge is -2.06. The second kappa shape index (κ2) is 4.82. The van der Waals surface area contributed by atoms with Gasteiger partial charge in [0.15, 0.2) is 5.78 Å². The molecule has 2 aromatic carbocycles. The van der Waals surface area contributed by atoms with Crippen molar-refractivity contribution in [2.45, 2.75) is 5.60 Å². The number of hydrogen-bond donors (Lipinski definition) is 0. The van der Waals surface area contributed by atoms with Crippen LogP contribution >= 0.6 is 0 Å². The molecule has 3 rings (SSSR count). The fourth-order valence-electron chi connectivity index (χ4n) is 2.07. The Bertz CT molecular complexity index is 596. The maximum Gasteiger partial charge on any atom is 0.185 e. The molecule has 2 heteroatoms. The van der Waals surface area contributed by atoms with Crippen molar-refractivity contribution in [2.75, 3.05) is 6.61 Å². The number of ether oxygens (including phenoxy) is 1. The molecule has 0 aliphatic carbocycles. The quantitative estimate of drug-likeness (QED) is 0.473. The highest BCUT2D eigenvalue weighted by Crippen LogP contribution is 2.39. The minimum Gasteiger partial charge on any atom is -0.360 e. The summed E-state index contributed by atoms with van der Waals surface area (Å²) < 4.78 is 5.53. The molecule has 1 aliphatic rings. The van der Waals surface area contributed by atoms with Gasteiger partial charge < -0.3 is 4.74 Å². The molecule has 0 N–H and O–H groups in total. The van der Waals surface area contributed by atoms with Gasteiger partial charge in [-0.25, -0.2) is 0 Å². The van der Waals surface area contributed by atoms with Crippen LogP contribution in [0.5, 0.6) is 0 Å². The van der Waals surface area contributed by atoms with Crippen LogP contribution in [0, 0.1) is 0 Å². The molecule has 2 aromatic rings. The summed E-state index contributed by atoms with van der Waals surface area (Å²) in [5, 5.41) is 0. The number of ketones is 1. The molecule has 0 spiro atoms. The van der Waals surface area contributed by atoms with Gasteiger partial charge in [0.05, 0.1) is 6.61 Å². The van der Waals surface area contributed by atoms with E-state index in [9.17, 15) is 4.79 Å². The zero-order valence-electron chi connectivity index (χ0n) is 10.5. The summed E-state index contributed by atoms with van der Waals surface area (Å²) in [4.78, 5) is 12.0. The number of epoxide rings is 1. The van der Waals surface area contributed by atoms with Crippen LogP contribution in [0.1, 0.15) is 15.9 Å². The molecule has 0 amide bonds. The lowest BCUT2D eigenvalue weighted by molar-refractivity contribution is 0.104. The van der Waals surface area contributed by atoms with Gasteiger partial charge in [-0.15, -0.1) is 0 Å². The fraction of sp³-hybridized carbons (Fsp3) is 0.118. The van der Waals surface area contributed by atoms with E-state index in [1.54, 1.807) is 6.08 Å². The van der Waals surface area contributed by atoms with Gasteiger partial charge in [-0.1, -0.05) is 60.7 Å². The van der Waals surface area contributed by atoms with Crippen LogP contribution in [-0.4, -0.2) is 12.4 Å². The number of rotatable bonds is 4. The molecule has 0 saturated carbocycles. The van der Waals surface area contributed by atoms with Gasteiger partial charge in [-0.2, -0.15) is 0 Å². The molecule has 19 heavy (non-hydrogen) atoms. The van der Waals surface area contributed by atoms with Gasteiger partial charge in [-0.05, 0) is 17.7 Å². The van der Waals surface area contributed by atoms with Gasteiger partial charge in [0.2, 0.25) is 0 Å². The highest BCUT2D eigenvalue weighted by atomic mass is 16.6. The van der Waals surface area contributed by atoms with E-state index in [1.807, 2.05) is 66.7 Å². The van der Waals surface area contributed by atoms with E-state index in [4.69, 9.17) is 4.74 Å². The number of carbonyl (C=O) groups excluding carboxylic acids is 1. The largest absolute Gasteiger partial charge is 0.360 e. The van der Waals surface area contributed by atoms with Crippen molar-refractivity contribution < 1.29 is 9.53 Å².